The fourth-order valence-electron chi connectivity index (χ4n) is 2.78. The summed E-state index contributed by atoms with van der Waals surface area (Å²) in [6.07, 6.45) is 0. The van der Waals surface area contributed by atoms with Crippen LogP contribution in [0.1, 0.15) is 21.5 Å². The Labute approximate surface area is 124 Å². The van der Waals surface area contributed by atoms with Crippen LogP contribution < -0.4 is 0 Å². The zero-order valence-corrected chi connectivity index (χ0v) is 12.2. The summed E-state index contributed by atoms with van der Waals surface area (Å²) in [5.41, 5.74) is 3.13. The number of amides is 1. The highest BCUT2D eigenvalue weighted by Gasteiger charge is 2.23. The van der Waals surface area contributed by atoms with E-state index in [1.165, 1.54) is 5.56 Å². The lowest BCUT2D eigenvalue weighted by atomic mass is 10.1. The second kappa shape index (κ2) is 6.12. The van der Waals surface area contributed by atoms with Gasteiger partial charge in [0.05, 0.1) is 13.2 Å². The number of hydrogen-bond donors (Lipinski definition) is 0. The smallest absolute Gasteiger partial charge is 0.253 e. The molecule has 2 aliphatic rings. The van der Waals surface area contributed by atoms with E-state index in [4.69, 9.17) is 16.3 Å². The van der Waals surface area contributed by atoms with E-state index >= 15 is 0 Å². The molecule has 1 saturated heterocycles. The molecule has 5 heteroatoms. The van der Waals surface area contributed by atoms with Crippen LogP contribution in [0.2, 0.25) is 0 Å². The van der Waals surface area contributed by atoms with Crippen molar-refractivity contribution in [2.75, 3.05) is 38.6 Å². The van der Waals surface area contributed by atoms with Gasteiger partial charge in [0.1, 0.15) is 0 Å². The van der Waals surface area contributed by atoms with E-state index in [1.54, 1.807) is 0 Å². The molecule has 0 bridgehead atoms. The summed E-state index contributed by atoms with van der Waals surface area (Å²) in [4.78, 5) is 16.7. The first kappa shape index (κ1) is 13.9. The molecule has 0 aliphatic carbocycles. The molecule has 0 saturated carbocycles. The Morgan fingerprint density at radius 1 is 1.15 bits per heavy atom. The minimum atomic E-state index is 0.130. The maximum absolute atomic E-state index is 12.5. The van der Waals surface area contributed by atoms with Crippen LogP contribution >= 0.6 is 11.6 Å². The van der Waals surface area contributed by atoms with Gasteiger partial charge in [0, 0.05) is 44.2 Å². The van der Waals surface area contributed by atoms with Gasteiger partial charge in [0.15, 0.2) is 0 Å². The molecule has 20 heavy (non-hydrogen) atoms. The second-order valence-electron chi connectivity index (χ2n) is 5.30. The van der Waals surface area contributed by atoms with E-state index in [1.807, 2.05) is 23.1 Å². The van der Waals surface area contributed by atoms with Gasteiger partial charge in [-0.05, 0) is 23.3 Å². The van der Waals surface area contributed by atoms with Gasteiger partial charge in [-0.1, -0.05) is 6.07 Å². The van der Waals surface area contributed by atoms with Crippen LogP contribution in [0, 0.1) is 0 Å². The van der Waals surface area contributed by atoms with Gasteiger partial charge in [-0.25, -0.2) is 0 Å². The van der Waals surface area contributed by atoms with Gasteiger partial charge >= 0.3 is 0 Å². The third-order valence-electron chi connectivity index (χ3n) is 4.03. The Kier molecular flexibility index (Phi) is 4.24. The minimum absolute atomic E-state index is 0.130. The summed E-state index contributed by atoms with van der Waals surface area (Å²) in [7, 11) is 0. The van der Waals surface area contributed by atoms with E-state index in [-0.39, 0.29) is 5.91 Å². The van der Waals surface area contributed by atoms with E-state index < -0.39 is 0 Å². The quantitative estimate of drug-likeness (QED) is 0.796. The molecule has 1 aromatic rings. The highest BCUT2D eigenvalue weighted by atomic mass is 35.5. The van der Waals surface area contributed by atoms with Crippen LogP contribution in [0.5, 0.6) is 0 Å². The normalized spacial score (nSPS) is 19.1. The number of carbonyl (C=O) groups excluding carboxylic acids is 1. The number of rotatable bonds is 3. The Bertz CT molecular complexity index is 499. The second-order valence-corrected chi connectivity index (χ2v) is 5.68. The molecule has 0 aromatic heterocycles. The summed E-state index contributed by atoms with van der Waals surface area (Å²) >= 11 is 5.75. The maximum Gasteiger partial charge on any atom is 0.253 e. The van der Waals surface area contributed by atoms with Crippen molar-refractivity contribution in [1.82, 2.24) is 9.80 Å². The van der Waals surface area contributed by atoms with E-state index in [0.717, 1.165) is 43.9 Å². The molecule has 1 aromatic carbocycles. The Morgan fingerprint density at radius 2 is 1.90 bits per heavy atom. The molecule has 2 heterocycles. The van der Waals surface area contributed by atoms with Crippen molar-refractivity contribution in [1.29, 1.82) is 0 Å². The van der Waals surface area contributed by atoms with Crippen molar-refractivity contribution in [2.45, 2.75) is 13.2 Å². The summed E-state index contributed by atoms with van der Waals surface area (Å²) in [5.74, 6) is 0.781. The third kappa shape index (κ3) is 2.82. The number of piperazine rings is 1. The first-order chi connectivity index (χ1) is 9.78. The van der Waals surface area contributed by atoms with Gasteiger partial charge in [-0.2, -0.15) is 0 Å². The Morgan fingerprint density at radius 3 is 2.65 bits per heavy atom. The molecule has 0 radical (unpaired) electrons. The monoisotopic (exact) mass is 294 g/mol. The lowest BCUT2D eigenvalue weighted by Crippen LogP contribution is -2.49. The van der Waals surface area contributed by atoms with Crippen LogP contribution in [-0.2, 0) is 18.0 Å². The fraction of sp³-hybridized carbons (Fsp3) is 0.533. The maximum atomic E-state index is 12.5. The molecule has 108 valence electrons. The predicted octanol–water partition coefficient (Wildman–Crippen LogP) is 1.71. The van der Waals surface area contributed by atoms with Gasteiger partial charge < -0.3 is 9.64 Å². The average Bonchev–Trinajstić information content (AvgIpc) is 2.95. The number of fused-ring (bicyclic) bond motifs is 1. The molecule has 0 unspecified atom stereocenters. The van der Waals surface area contributed by atoms with Crippen LogP contribution in [0.15, 0.2) is 18.2 Å². The topological polar surface area (TPSA) is 32.8 Å². The van der Waals surface area contributed by atoms with Crippen molar-refractivity contribution in [3.05, 3.63) is 34.9 Å². The largest absolute Gasteiger partial charge is 0.372 e. The SMILES string of the molecule is O=C(c1ccc2c(c1)COC2)N1CCN(CCCl)CC1. The number of hydrogen-bond acceptors (Lipinski definition) is 3. The number of benzene rings is 1. The highest BCUT2D eigenvalue weighted by molar-refractivity contribution is 6.18. The number of alkyl halides is 1. The molecule has 4 nitrogen and oxygen atoms in total. The van der Waals surface area contributed by atoms with E-state index in [2.05, 4.69) is 4.90 Å². The lowest BCUT2D eigenvalue weighted by molar-refractivity contribution is 0.0644. The third-order valence-corrected chi connectivity index (χ3v) is 4.20. The molecule has 0 spiro atoms. The molecule has 3 rings (SSSR count). The number of nitrogens with zero attached hydrogens (tertiary/aromatic N) is 2. The summed E-state index contributed by atoms with van der Waals surface area (Å²) in [5, 5.41) is 0. The standard InChI is InChI=1S/C15H19ClN2O2/c16-3-4-17-5-7-18(8-6-17)15(19)12-1-2-13-10-20-11-14(13)9-12/h1-2,9H,3-8,10-11H2. The zero-order chi connectivity index (χ0) is 13.9. The van der Waals surface area contributed by atoms with Crippen molar-refractivity contribution in [3.8, 4) is 0 Å². The van der Waals surface area contributed by atoms with Gasteiger partial charge in [-0.15, -0.1) is 11.6 Å². The van der Waals surface area contributed by atoms with Crippen molar-refractivity contribution in [3.63, 3.8) is 0 Å². The van der Waals surface area contributed by atoms with Gasteiger partial charge in [0.2, 0.25) is 0 Å². The number of halogens is 1. The minimum Gasteiger partial charge on any atom is -0.372 e. The Hall–Kier alpha value is -1.10. The molecular weight excluding hydrogens is 276 g/mol. The van der Waals surface area contributed by atoms with Crippen LogP contribution in [0.4, 0.5) is 0 Å². The molecular formula is C15H19ClN2O2. The molecule has 1 fully saturated rings. The first-order valence-electron chi connectivity index (χ1n) is 7.05. The van der Waals surface area contributed by atoms with Crippen LogP contribution in [0.3, 0.4) is 0 Å². The van der Waals surface area contributed by atoms with Crippen molar-refractivity contribution >= 4 is 17.5 Å². The van der Waals surface area contributed by atoms with E-state index in [0.29, 0.717) is 19.1 Å². The van der Waals surface area contributed by atoms with Crippen LogP contribution in [0.25, 0.3) is 0 Å². The highest BCUT2D eigenvalue weighted by Crippen LogP contribution is 2.21. The summed E-state index contributed by atoms with van der Waals surface area (Å²) < 4.78 is 5.39. The lowest BCUT2D eigenvalue weighted by Gasteiger charge is -2.34. The average molecular weight is 295 g/mol. The number of ether oxygens (including phenoxy) is 1. The van der Waals surface area contributed by atoms with Crippen molar-refractivity contribution in [2.24, 2.45) is 0 Å². The van der Waals surface area contributed by atoms with Gasteiger partial charge in [0.25, 0.3) is 5.91 Å². The molecule has 0 atom stereocenters. The first-order valence-corrected chi connectivity index (χ1v) is 7.58. The molecule has 1 amide bonds. The predicted molar refractivity (Wildman–Crippen MR) is 78.0 cm³/mol. The summed E-state index contributed by atoms with van der Waals surface area (Å²) in [6, 6.07) is 5.91. The fourth-order valence-corrected chi connectivity index (χ4v) is 3.02. The zero-order valence-electron chi connectivity index (χ0n) is 11.5. The van der Waals surface area contributed by atoms with Crippen LogP contribution in [-0.4, -0.2) is 54.3 Å². The molecule has 2 aliphatic heterocycles. The summed E-state index contributed by atoms with van der Waals surface area (Å²) in [6.45, 7) is 5.58. The molecule has 0 N–H and O–H groups in total. The Balaban J connectivity index is 1.65. The van der Waals surface area contributed by atoms with E-state index in [9.17, 15) is 4.79 Å². The number of carbonyl (C=O) groups is 1. The van der Waals surface area contributed by atoms with Gasteiger partial charge in [-0.3, -0.25) is 9.69 Å². The van der Waals surface area contributed by atoms with Crippen molar-refractivity contribution < 1.29 is 9.53 Å².